The van der Waals surface area contributed by atoms with Crippen molar-refractivity contribution in [1.29, 1.82) is 0 Å². The van der Waals surface area contributed by atoms with E-state index in [2.05, 4.69) is 10.5 Å². The van der Waals surface area contributed by atoms with E-state index in [1.807, 2.05) is 0 Å². The fraction of sp³-hybridized carbons (Fsp3) is 0. The zero-order valence-corrected chi connectivity index (χ0v) is 11.4. The Hall–Kier alpha value is -2.73. The highest BCUT2D eigenvalue weighted by atomic mass is 35.5. The van der Waals surface area contributed by atoms with Gasteiger partial charge in [0.1, 0.15) is 0 Å². The Kier molecular flexibility index (Phi) is 4.63. The van der Waals surface area contributed by atoms with Crippen LogP contribution in [0.3, 0.4) is 0 Å². The average molecular weight is 304 g/mol. The molecule has 21 heavy (non-hydrogen) atoms. The summed E-state index contributed by atoms with van der Waals surface area (Å²) in [6.07, 6.45) is 1.42. The molecule has 0 aliphatic rings. The van der Waals surface area contributed by atoms with Gasteiger partial charge in [0.05, 0.1) is 11.1 Å². The Bertz CT molecular complexity index is 699. The number of non-ortho nitro benzene ring substituents is 1. The molecule has 106 valence electrons. The molecule has 0 heterocycles. The maximum atomic E-state index is 11.8. The molecular formula is C14H10ClN3O3. The number of nitrogens with zero attached hydrogens (tertiary/aromatic N) is 2. The minimum atomic E-state index is -0.531. The van der Waals surface area contributed by atoms with Crippen LogP contribution >= 0.6 is 11.6 Å². The first kappa shape index (κ1) is 14.7. The molecule has 2 rings (SSSR count). The van der Waals surface area contributed by atoms with E-state index in [0.29, 0.717) is 10.6 Å². The Morgan fingerprint density at radius 2 is 1.86 bits per heavy atom. The lowest BCUT2D eigenvalue weighted by molar-refractivity contribution is -0.384. The van der Waals surface area contributed by atoms with Crippen molar-refractivity contribution in [1.82, 2.24) is 5.43 Å². The van der Waals surface area contributed by atoms with Crippen LogP contribution in [0.5, 0.6) is 0 Å². The van der Waals surface area contributed by atoms with E-state index in [4.69, 9.17) is 11.6 Å². The molecule has 0 aliphatic carbocycles. The molecule has 0 bridgehead atoms. The van der Waals surface area contributed by atoms with Crippen LogP contribution in [0.25, 0.3) is 0 Å². The Morgan fingerprint density at radius 1 is 1.19 bits per heavy atom. The smallest absolute Gasteiger partial charge is 0.267 e. The van der Waals surface area contributed by atoms with E-state index in [9.17, 15) is 14.9 Å². The summed E-state index contributed by atoms with van der Waals surface area (Å²) >= 11 is 5.94. The van der Waals surface area contributed by atoms with Crippen LogP contribution in [-0.2, 0) is 0 Å². The predicted molar refractivity (Wildman–Crippen MR) is 79.6 cm³/mol. The monoisotopic (exact) mass is 303 g/mol. The predicted octanol–water partition coefficient (Wildman–Crippen LogP) is 3.01. The van der Waals surface area contributed by atoms with Crippen molar-refractivity contribution in [2.45, 2.75) is 0 Å². The zero-order valence-electron chi connectivity index (χ0n) is 10.7. The maximum absolute atomic E-state index is 11.8. The van der Waals surface area contributed by atoms with Crippen molar-refractivity contribution in [3.05, 3.63) is 74.8 Å². The molecule has 0 aromatic heterocycles. The highest BCUT2D eigenvalue weighted by Crippen LogP contribution is 2.13. The van der Waals surface area contributed by atoms with Crippen molar-refractivity contribution < 1.29 is 9.72 Å². The summed E-state index contributed by atoms with van der Waals surface area (Å²) < 4.78 is 0. The summed E-state index contributed by atoms with van der Waals surface area (Å²) in [5.41, 5.74) is 3.19. The highest BCUT2D eigenvalue weighted by Gasteiger charge is 2.08. The summed E-state index contributed by atoms with van der Waals surface area (Å²) in [4.78, 5) is 21.8. The minimum Gasteiger partial charge on any atom is -0.267 e. The van der Waals surface area contributed by atoms with Gasteiger partial charge in [0.25, 0.3) is 11.6 Å². The average Bonchev–Trinajstić information content (AvgIpc) is 2.49. The second kappa shape index (κ2) is 6.62. The lowest BCUT2D eigenvalue weighted by Crippen LogP contribution is -2.17. The number of carbonyl (C=O) groups excluding carboxylic acids is 1. The molecule has 0 unspecified atom stereocenters. The fourth-order valence-electron chi connectivity index (χ4n) is 1.54. The van der Waals surface area contributed by atoms with Crippen LogP contribution in [-0.4, -0.2) is 17.0 Å². The van der Waals surface area contributed by atoms with Crippen molar-refractivity contribution in [3.8, 4) is 0 Å². The maximum Gasteiger partial charge on any atom is 0.271 e. The van der Waals surface area contributed by atoms with E-state index < -0.39 is 10.8 Å². The van der Waals surface area contributed by atoms with Crippen LogP contribution in [0.1, 0.15) is 15.9 Å². The number of nitro groups is 1. The van der Waals surface area contributed by atoms with E-state index >= 15 is 0 Å². The number of nitro benzene ring substituents is 1. The lowest BCUT2D eigenvalue weighted by Gasteiger charge is -2.00. The van der Waals surface area contributed by atoms with Crippen molar-refractivity contribution in [2.24, 2.45) is 5.10 Å². The molecule has 6 nitrogen and oxygen atoms in total. The molecule has 0 aliphatic heterocycles. The second-order valence-electron chi connectivity index (χ2n) is 4.02. The van der Waals surface area contributed by atoms with Gasteiger partial charge in [-0.1, -0.05) is 29.8 Å². The van der Waals surface area contributed by atoms with Gasteiger partial charge in [-0.05, 0) is 18.2 Å². The Labute approximate surface area is 125 Å². The molecule has 2 aromatic carbocycles. The molecular weight excluding hydrogens is 294 g/mol. The summed E-state index contributed by atoms with van der Waals surface area (Å²) in [7, 11) is 0. The minimum absolute atomic E-state index is 0.0777. The first-order valence-electron chi connectivity index (χ1n) is 5.90. The van der Waals surface area contributed by atoms with Crippen LogP contribution in [0.4, 0.5) is 5.69 Å². The van der Waals surface area contributed by atoms with Crippen molar-refractivity contribution in [3.63, 3.8) is 0 Å². The van der Waals surface area contributed by atoms with E-state index in [1.54, 1.807) is 24.3 Å². The topological polar surface area (TPSA) is 84.6 Å². The fourth-order valence-corrected chi connectivity index (χ4v) is 1.72. The molecule has 0 spiro atoms. The Balaban J connectivity index is 2.02. The third kappa shape index (κ3) is 3.87. The molecule has 2 aromatic rings. The first-order valence-corrected chi connectivity index (χ1v) is 6.28. The van der Waals surface area contributed by atoms with Crippen LogP contribution in [0, 0.1) is 10.1 Å². The van der Waals surface area contributed by atoms with E-state index in [1.165, 1.54) is 30.5 Å². The van der Waals surface area contributed by atoms with Crippen molar-refractivity contribution >= 4 is 29.4 Å². The summed E-state index contributed by atoms with van der Waals surface area (Å²) in [5.74, 6) is -0.465. The standard InChI is InChI=1S/C14H10ClN3O3/c15-13-4-2-1-3-11(13)9-16-17-14(19)10-5-7-12(8-6-10)18(20)21/h1-9H,(H,17,19)/b16-9-. The van der Waals surface area contributed by atoms with E-state index in [0.717, 1.165) is 0 Å². The first-order chi connectivity index (χ1) is 10.1. The number of rotatable bonds is 4. The lowest BCUT2D eigenvalue weighted by atomic mass is 10.2. The number of halogens is 1. The quantitative estimate of drug-likeness (QED) is 0.535. The van der Waals surface area contributed by atoms with Crippen LogP contribution < -0.4 is 5.43 Å². The van der Waals surface area contributed by atoms with Gasteiger partial charge in [0, 0.05) is 28.3 Å². The van der Waals surface area contributed by atoms with Crippen LogP contribution in [0.15, 0.2) is 53.6 Å². The highest BCUT2D eigenvalue weighted by molar-refractivity contribution is 6.33. The molecule has 0 saturated heterocycles. The number of hydrogen-bond donors (Lipinski definition) is 1. The Morgan fingerprint density at radius 3 is 2.48 bits per heavy atom. The molecule has 7 heteroatoms. The molecule has 0 radical (unpaired) electrons. The zero-order chi connectivity index (χ0) is 15.2. The number of amides is 1. The molecule has 1 N–H and O–H groups in total. The second-order valence-corrected chi connectivity index (χ2v) is 4.43. The number of benzene rings is 2. The third-order valence-electron chi connectivity index (χ3n) is 2.62. The number of hydrogen-bond acceptors (Lipinski definition) is 4. The number of nitrogens with one attached hydrogen (secondary N) is 1. The van der Waals surface area contributed by atoms with Crippen LogP contribution in [0.2, 0.25) is 5.02 Å². The van der Waals surface area contributed by atoms with E-state index in [-0.39, 0.29) is 11.3 Å². The van der Waals surface area contributed by atoms with Gasteiger partial charge >= 0.3 is 0 Å². The van der Waals surface area contributed by atoms with Gasteiger partial charge < -0.3 is 0 Å². The SMILES string of the molecule is O=C(N/N=C\c1ccccc1Cl)c1ccc([N+](=O)[O-])cc1. The van der Waals surface area contributed by atoms with Gasteiger partial charge in [-0.25, -0.2) is 5.43 Å². The largest absolute Gasteiger partial charge is 0.271 e. The molecule has 1 amide bonds. The van der Waals surface area contributed by atoms with Gasteiger partial charge in [-0.15, -0.1) is 0 Å². The van der Waals surface area contributed by atoms with Gasteiger partial charge in [0.15, 0.2) is 0 Å². The number of carbonyl (C=O) groups is 1. The van der Waals surface area contributed by atoms with Crippen molar-refractivity contribution in [2.75, 3.05) is 0 Å². The number of hydrazone groups is 1. The summed E-state index contributed by atoms with van der Waals surface area (Å²) in [6, 6.07) is 12.3. The third-order valence-corrected chi connectivity index (χ3v) is 2.96. The molecule has 0 atom stereocenters. The van der Waals surface area contributed by atoms with Gasteiger partial charge in [-0.3, -0.25) is 14.9 Å². The molecule has 0 saturated carbocycles. The summed E-state index contributed by atoms with van der Waals surface area (Å²) in [5, 5.41) is 14.8. The normalized spacial score (nSPS) is 10.5. The molecule has 0 fully saturated rings. The summed E-state index contributed by atoms with van der Waals surface area (Å²) in [6.45, 7) is 0. The van der Waals surface area contributed by atoms with Gasteiger partial charge in [-0.2, -0.15) is 5.10 Å². The van der Waals surface area contributed by atoms with Gasteiger partial charge in [0.2, 0.25) is 0 Å².